The van der Waals surface area contributed by atoms with Crippen molar-refractivity contribution in [2.24, 2.45) is 0 Å². The normalized spacial score (nSPS) is 18.4. The minimum atomic E-state index is -0.407. The highest BCUT2D eigenvalue weighted by Gasteiger charge is 2.19. The van der Waals surface area contributed by atoms with Crippen molar-refractivity contribution in [1.29, 1.82) is 0 Å². The molecule has 1 atom stereocenters. The summed E-state index contributed by atoms with van der Waals surface area (Å²) in [4.78, 5) is 23.5. The van der Waals surface area contributed by atoms with Gasteiger partial charge in [0.15, 0.2) is 0 Å². The maximum Gasteiger partial charge on any atom is 0.254 e. The number of carbonyl (C=O) groups is 1. The van der Waals surface area contributed by atoms with Gasteiger partial charge in [-0.3, -0.25) is 9.59 Å². The van der Waals surface area contributed by atoms with Gasteiger partial charge in [-0.25, -0.2) is 0 Å². The van der Waals surface area contributed by atoms with Gasteiger partial charge in [-0.05, 0) is 56.3 Å². The van der Waals surface area contributed by atoms with E-state index in [-0.39, 0.29) is 18.1 Å². The summed E-state index contributed by atoms with van der Waals surface area (Å²) in [5.74, 6) is 0. The van der Waals surface area contributed by atoms with Crippen molar-refractivity contribution >= 4 is 16.8 Å². The Morgan fingerprint density at radius 3 is 2.85 bits per heavy atom. The van der Waals surface area contributed by atoms with E-state index in [4.69, 9.17) is 16.3 Å². The lowest BCUT2D eigenvalue weighted by atomic mass is 10.0. The lowest BCUT2D eigenvalue weighted by Crippen LogP contribution is -2.31. The van der Waals surface area contributed by atoms with Gasteiger partial charge >= 0.3 is 0 Å². The molecule has 2 heterocycles. The molecule has 0 spiro atoms. The third kappa shape index (κ3) is 3.49. The van der Waals surface area contributed by atoms with Crippen molar-refractivity contribution in [1.82, 2.24) is 4.57 Å². The average Bonchev–Trinajstić information content (AvgIpc) is 2.86. The molecule has 1 unspecified atom stereocenters. The van der Waals surface area contributed by atoms with Crippen LogP contribution < -0.4 is 5.56 Å². The minimum Gasteiger partial charge on any atom is -0.376 e. The van der Waals surface area contributed by atoms with Gasteiger partial charge < -0.3 is 9.30 Å². The van der Waals surface area contributed by atoms with Crippen LogP contribution in [0.25, 0.3) is 0 Å². The van der Waals surface area contributed by atoms with Crippen molar-refractivity contribution in [2.75, 3.05) is 6.61 Å². The summed E-state index contributed by atoms with van der Waals surface area (Å²) in [5.41, 5.74) is 2.52. The SMILES string of the molecule is Cc1cc(C)n(CC2CCCO2)c(=O)c1CCC(=O)Cl. The molecule has 0 radical (unpaired) electrons. The molecule has 1 fully saturated rings. The van der Waals surface area contributed by atoms with Crippen LogP contribution in [0, 0.1) is 13.8 Å². The molecule has 2 rings (SSSR count). The first-order valence-corrected chi connectivity index (χ1v) is 7.36. The third-order valence-corrected chi connectivity index (χ3v) is 4.00. The molecular weight excluding hydrogens is 278 g/mol. The number of ether oxygens (including phenoxy) is 1. The number of hydrogen-bond donors (Lipinski definition) is 0. The molecule has 1 aliphatic rings. The van der Waals surface area contributed by atoms with E-state index < -0.39 is 5.24 Å². The summed E-state index contributed by atoms with van der Waals surface area (Å²) in [7, 11) is 0. The van der Waals surface area contributed by atoms with Crippen LogP contribution in [0.1, 0.15) is 36.1 Å². The molecule has 1 aromatic heterocycles. The molecule has 0 saturated carbocycles. The summed E-state index contributed by atoms with van der Waals surface area (Å²) < 4.78 is 7.36. The molecule has 0 amide bonds. The summed E-state index contributed by atoms with van der Waals surface area (Å²) in [6, 6.07) is 1.99. The zero-order valence-corrected chi connectivity index (χ0v) is 12.7. The lowest BCUT2D eigenvalue weighted by Gasteiger charge is -2.17. The Balaban J connectivity index is 2.28. The molecular formula is C15H20ClNO3. The van der Waals surface area contributed by atoms with Crippen LogP contribution in [-0.4, -0.2) is 22.5 Å². The molecule has 1 aromatic rings. The number of nitrogens with zero attached hydrogens (tertiary/aromatic N) is 1. The molecule has 5 heteroatoms. The van der Waals surface area contributed by atoms with Crippen LogP contribution in [0.4, 0.5) is 0 Å². The number of pyridine rings is 1. The highest BCUT2D eigenvalue weighted by Crippen LogP contribution is 2.16. The fourth-order valence-corrected chi connectivity index (χ4v) is 2.81. The summed E-state index contributed by atoms with van der Waals surface area (Å²) in [5, 5.41) is -0.407. The summed E-state index contributed by atoms with van der Waals surface area (Å²) in [6.07, 6.45) is 2.77. The zero-order chi connectivity index (χ0) is 14.7. The molecule has 20 heavy (non-hydrogen) atoms. The van der Waals surface area contributed by atoms with Crippen LogP contribution in [0.2, 0.25) is 0 Å². The molecule has 1 saturated heterocycles. The topological polar surface area (TPSA) is 48.3 Å². The van der Waals surface area contributed by atoms with E-state index in [1.807, 2.05) is 19.9 Å². The van der Waals surface area contributed by atoms with E-state index in [0.29, 0.717) is 18.5 Å². The van der Waals surface area contributed by atoms with Gasteiger partial charge in [0.1, 0.15) is 0 Å². The quantitative estimate of drug-likeness (QED) is 0.784. The first kappa shape index (κ1) is 15.3. The smallest absolute Gasteiger partial charge is 0.254 e. The number of hydrogen-bond acceptors (Lipinski definition) is 3. The second-order valence-electron chi connectivity index (χ2n) is 5.35. The van der Waals surface area contributed by atoms with E-state index in [2.05, 4.69) is 0 Å². The molecule has 110 valence electrons. The first-order chi connectivity index (χ1) is 9.49. The highest BCUT2D eigenvalue weighted by molar-refractivity contribution is 6.63. The van der Waals surface area contributed by atoms with Crippen molar-refractivity contribution in [3.05, 3.63) is 33.2 Å². The average molecular weight is 298 g/mol. The fourth-order valence-electron chi connectivity index (χ4n) is 2.72. The Bertz CT molecular complexity index is 559. The van der Waals surface area contributed by atoms with E-state index in [0.717, 1.165) is 30.7 Å². The van der Waals surface area contributed by atoms with Gasteiger partial charge in [-0.1, -0.05) is 0 Å². The number of carbonyl (C=O) groups excluding carboxylic acids is 1. The Morgan fingerprint density at radius 2 is 2.25 bits per heavy atom. The molecule has 0 aliphatic carbocycles. The number of rotatable bonds is 5. The molecule has 4 nitrogen and oxygen atoms in total. The van der Waals surface area contributed by atoms with Gasteiger partial charge in [0.25, 0.3) is 5.56 Å². The van der Waals surface area contributed by atoms with Crippen molar-refractivity contribution < 1.29 is 9.53 Å². The second-order valence-corrected chi connectivity index (χ2v) is 5.77. The van der Waals surface area contributed by atoms with Crippen LogP contribution in [0.3, 0.4) is 0 Å². The molecule has 1 aliphatic heterocycles. The van der Waals surface area contributed by atoms with Gasteiger partial charge in [0.05, 0.1) is 12.6 Å². The van der Waals surface area contributed by atoms with Gasteiger partial charge in [0, 0.05) is 24.3 Å². The Kier molecular flexibility index (Phi) is 5.00. The van der Waals surface area contributed by atoms with E-state index >= 15 is 0 Å². The van der Waals surface area contributed by atoms with Gasteiger partial charge in [-0.2, -0.15) is 0 Å². The maximum atomic E-state index is 12.6. The van der Waals surface area contributed by atoms with Crippen molar-refractivity contribution in [3.8, 4) is 0 Å². The number of aryl methyl sites for hydroxylation is 2. The highest BCUT2D eigenvalue weighted by atomic mass is 35.5. The minimum absolute atomic E-state index is 0.0177. The molecule has 0 aromatic carbocycles. The van der Waals surface area contributed by atoms with Crippen molar-refractivity contribution in [3.63, 3.8) is 0 Å². The van der Waals surface area contributed by atoms with Gasteiger partial charge in [-0.15, -0.1) is 0 Å². The van der Waals surface area contributed by atoms with Crippen LogP contribution in [0.5, 0.6) is 0 Å². The first-order valence-electron chi connectivity index (χ1n) is 6.99. The van der Waals surface area contributed by atoms with Gasteiger partial charge in [0.2, 0.25) is 5.24 Å². The van der Waals surface area contributed by atoms with E-state index in [1.165, 1.54) is 0 Å². The zero-order valence-electron chi connectivity index (χ0n) is 11.9. The van der Waals surface area contributed by atoms with E-state index in [1.54, 1.807) is 4.57 Å². The molecule has 0 N–H and O–H groups in total. The number of halogens is 1. The van der Waals surface area contributed by atoms with Crippen molar-refractivity contribution in [2.45, 2.75) is 52.2 Å². The molecule has 0 bridgehead atoms. The Labute approximate surface area is 123 Å². The Morgan fingerprint density at radius 1 is 1.50 bits per heavy atom. The predicted molar refractivity (Wildman–Crippen MR) is 78.3 cm³/mol. The van der Waals surface area contributed by atoms with Crippen LogP contribution in [-0.2, 0) is 22.5 Å². The largest absolute Gasteiger partial charge is 0.376 e. The lowest BCUT2D eigenvalue weighted by molar-refractivity contribution is -0.111. The fraction of sp³-hybridized carbons (Fsp3) is 0.600. The Hall–Kier alpha value is -1.13. The third-order valence-electron chi connectivity index (χ3n) is 3.81. The summed E-state index contributed by atoms with van der Waals surface area (Å²) >= 11 is 5.37. The maximum absolute atomic E-state index is 12.6. The monoisotopic (exact) mass is 297 g/mol. The van der Waals surface area contributed by atoms with Crippen LogP contribution >= 0.6 is 11.6 Å². The second kappa shape index (κ2) is 6.55. The summed E-state index contributed by atoms with van der Waals surface area (Å²) in [6.45, 7) is 5.20. The number of aromatic nitrogens is 1. The van der Waals surface area contributed by atoms with Crippen LogP contribution in [0.15, 0.2) is 10.9 Å². The standard InChI is InChI=1S/C15H20ClNO3/c1-10-8-11(2)17(9-12-4-3-7-20-12)15(19)13(10)5-6-14(16)18/h8,12H,3-7,9H2,1-2H3. The predicted octanol–water partition coefficient (Wildman–Crippen LogP) is 2.34. The van der Waals surface area contributed by atoms with E-state index in [9.17, 15) is 9.59 Å².